The Morgan fingerprint density at radius 2 is 0.838 bits per heavy atom. The highest BCUT2D eigenvalue weighted by atomic mass is 19.4. The van der Waals surface area contributed by atoms with E-state index in [9.17, 15) is 53.9 Å². The van der Waals surface area contributed by atoms with Gasteiger partial charge in [-0.05, 0) is 93.0 Å². The summed E-state index contributed by atoms with van der Waals surface area (Å²) in [6.07, 6.45) is 9.25. The molecule has 0 aromatic heterocycles. The van der Waals surface area contributed by atoms with Crippen molar-refractivity contribution in [1.82, 2.24) is 0 Å². The first kappa shape index (κ1) is 67.3. The van der Waals surface area contributed by atoms with Crippen molar-refractivity contribution in [2.24, 2.45) is 0 Å². The Kier molecular flexibility index (Phi) is 28.8. The van der Waals surface area contributed by atoms with Crippen LogP contribution < -0.4 is 0 Å². The predicted molar refractivity (Wildman–Crippen MR) is 283 cm³/mol. The van der Waals surface area contributed by atoms with Crippen molar-refractivity contribution in [3.63, 3.8) is 0 Å². The lowest BCUT2D eigenvalue weighted by Gasteiger charge is -2.33. The number of hydrogen-bond donors (Lipinski definition) is 0. The van der Waals surface area contributed by atoms with Crippen LogP contribution in [0.2, 0.25) is 0 Å². The zero-order valence-electron chi connectivity index (χ0n) is 45.0. The quantitative estimate of drug-likeness (QED) is 0.0151. The van der Waals surface area contributed by atoms with Crippen molar-refractivity contribution in [2.45, 2.75) is 157 Å². The molecule has 0 saturated carbocycles. The number of benzene rings is 3. The average Bonchev–Trinajstić information content (AvgIpc) is 3.47. The number of unbranched alkanes of at least 4 members (excludes halogenated alkanes) is 14. The summed E-state index contributed by atoms with van der Waals surface area (Å²) < 4.78 is 158. The van der Waals surface area contributed by atoms with Crippen LogP contribution in [0.3, 0.4) is 0 Å². The molecule has 0 aliphatic carbocycles. The van der Waals surface area contributed by atoms with E-state index in [2.05, 4.69) is 58.3 Å². The van der Waals surface area contributed by atoms with E-state index in [0.717, 1.165) is 141 Å². The molecule has 3 aromatic rings. The maximum absolute atomic E-state index is 14.6. The smallest absolute Gasteiger partial charge is 0.432 e. The van der Waals surface area contributed by atoms with Crippen molar-refractivity contribution in [2.75, 3.05) is 27.9 Å². The third-order valence-electron chi connectivity index (χ3n) is 12.8. The fourth-order valence-corrected chi connectivity index (χ4v) is 8.49. The zero-order valence-corrected chi connectivity index (χ0v) is 45.0. The molecule has 0 amide bonds. The number of methoxy groups -OCH3 is 3. The summed E-state index contributed by atoms with van der Waals surface area (Å²) in [5.74, 6) is 11.3. The van der Waals surface area contributed by atoms with Gasteiger partial charge in [-0.2, -0.15) is 39.5 Å². The van der Waals surface area contributed by atoms with Gasteiger partial charge in [0.2, 0.25) is 0 Å². The maximum Gasteiger partial charge on any atom is 0.432 e. The number of allylic oxidation sites excluding steroid dienone is 3. The average molecular weight is 1130 g/mol. The number of terminal acetylenes is 1. The second kappa shape index (κ2) is 34.2. The van der Waals surface area contributed by atoms with E-state index in [1.54, 1.807) is 6.08 Å². The lowest BCUT2D eigenvalue weighted by atomic mass is 9.92. The number of ether oxygens (including phenoxy) is 6. The van der Waals surface area contributed by atoms with Crippen molar-refractivity contribution < 1.29 is 82.3 Å². The molecule has 80 heavy (non-hydrogen) atoms. The standard InChI is InChI=1S/C62H67F9O9/c1-5-52(79-55(73)58(76-3,61(66,67)68)50-41-31-27-32-42-50)45-35-22-19-17-15-13-11-9-7-6-8-10-12-14-16-18-20-23-36-46-53(80-56(74)59(77-4,62(69,70)71)51-43-33-28-34-44-51)47-37-24-21-25-38-48-78-54(72)57(75-2,60(63,64)65)49-39-29-26-30-40-49/h1,10,12,26-35,39-45,52-53H,6-9,11,13-20,22-23,36,46,48H2,2-4H3/b12-10-,45-35+/t52-,53-,57-,58-,59-/m0/s1. The van der Waals surface area contributed by atoms with E-state index < -0.39 is 88.7 Å². The molecule has 18 heteroatoms. The summed E-state index contributed by atoms with van der Waals surface area (Å²) >= 11 is 0. The minimum Gasteiger partial charge on any atom is -0.450 e. The summed E-state index contributed by atoms with van der Waals surface area (Å²) in [5, 5.41) is 0. The summed E-state index contributed by atoms with van der Waals surface area (Å²) in [4.78, 5) is 39.0. The van der Waals surface area contributed by atoms with E-state index >= 15 is 0 Å². The van der Waals surface area contributed by atoms with E-state index in [1.807, 2.05) is 0 Å². The molecule has 0 aliphatic rings. The van der Waals surface area contributed by atoms with Gasteiger partial charge in [-0.15, -0.1) is 6.42 Å². The molecule has 3 rings (SSSR count). The molecule has 5 atom stereocenters. The fraction of sp³-hybridized carbons (Fsp3) is 0.468. The van der Waals surface area contributed by atoms with Gasteiger partial charge < -0.3 is 28.4 Å². The zero-order chi connectivity index (χ0) is 59.0. The van der Waals surface area contributed by atoms with E-state index in [1.165, 1.54) is 60.7 Å². The first-order chi connectivity index (χ1) is 38.2. The molecule has 0 N–H and O–H groups in total. The Morgan fingerprint density at radius 3 is 1.24 bits per heavy atom. The number of carbonyl (C=O) groups is 3. The number of esters is 3. The lowest BCUT2D eigenvalue weighted by molar-refractivity contribution is -0.278. The summed E-state index contributed by atoms with van der Waals surface area (Å²) in [6.45, 7) is -0.794. The van der Waals surface area contributed by atoms with Gasteiger partial charge in [0, 0.05) is 38.0 Å². The molecule has 0 fully saturated rings. The van der Waals surface area contributed by atoms with Gasteiger partial charge in [-0.3, -0.25) is 0 Å². The van der Waals surface area contributed by atoms with Crippen LogP contribution in [0, 0.1) is 47.9 Å². The van der Waals surface area contributed by atoms with E-state index in [4.69, 9.17) is 30.1 Å². The Labute approximate surface area is 463 Å². The van der Waals surface area contributed by atoms with Crippen LogP contribution in [0.25, 0.3) is 0 Å². The predicted octanol–water partition coefficient (Wildman–Crippen LogP) is 14.1. The van der Waals surface area contributed by atoms with Crippen LogP contribution in [0.1, 0.15) is 126 Å². The summed E-state index contributed by atoms with van der Waals surface area (Å²) in [7, 11) is 2.26. The largest absolute Gasteiger partial charge is 0.450 e. The molecule has 0 saturated heterocycles. The molecule has 432 valence electrons. The third-order valence-corrected chi connectivity index (χ3v) is 12.8. The van der Waals surface area contributed by atoms with Crippen molar-refractivity contribution in [1.29, 1.82) is 0 Å². The van der Waals surface area contributed by atoms with Gasteiger partial charge in [0.15, 0.2) is 18.8 Å². The van der Waals surface area contributed by atoms with Crippen LogP contribution in [-0.4, -0.2) is 76.6 Å². The van der Waals surface area contributed by atoms with Gasteiger partial charge in [0.05, 0.1) is 0 Å². The fourth-order valence-electron chi connectivity index (χ4n) is 8.49. The highest BCUT2D eigenvalue weighted by Crippen LogP contribution is 2.45. The van der Waals surface area contributed by atoms with Crippen molar-refractivity contribution in [3.8, 4) is 47.9 Å². The van der Waals surface area contributed by atoms with Crippen molar-refractivity contribution in [3.05, 3.63) is 132 Å². The number of carbonyl (C=O) groups excluding carboxylic acids is 3. The van der Waals surface area contributed by atoms with Gasteiger partial charge in [-0.25, -0.2) is 14.4 Å². The van der Waals surface area contributed by atoms with E-state index in [-0.39, 0.29) is 6.42 Å². The van der Waals surface area contributed by atoms with Gasteiger partial charge in [0.25, 0.3) is 16.8 Å². The highest BCUT2D eigenvalue weighted by molar-refractivity contribution is 5.84. The molecular formula is C62H67F9O9. The molecule has 0 spiro atoms. The van der Waals surface area contributed by atoms with Gasteiger partial charge >= 0.3 is 36.4 Å². The minimum atomic E-state index is -5.22. The molecule has 3 aromatic carbocycles. The van der Waals surface area contributed by atoms with Crippen LogP contribution >= 0.6 is 0 Å². The lowest BCUT2D eigenvalue weighted by Crippen LogP contribution is -2.52. The Morgan fingerprint density at radius 1 is 0.475 bits per heavy atom. The first-order valence-electron chi connectivity index (χ1n) is 26.1. The second-order valence-corrected chi connectivity index (χ2v) is 18.2. The Hall–Kier alpha value is -6.96. The SMILES string of the molecule is C#C[C@@H](/C=C/CCCCCCCCCC/C=C\CCCCCCC[C@@H](C#CC#CC#CCOC(=O)[C@@](OC)(c1ccccc1)C(F)(F)F)OC(=O)[C@@](OC)(c1ccccc1)C(F)(F)F)OC(=O)[C@@](OC)(c1ccccc1)C(F)(F)F. The van der Waals surface area contributed by atoms with Crippen LogP contribution in [0.4, 0.5) is 39.5 Å². The van der Waals surface area contributed by atoms with Crippen molar-refractivity contribution >= 4 is 17.9 Å². The topological polar surface area (TPSA) is 107 Å². The monoisotopic (exact) mass is 1130 g/mol. The third kappa shape index (κ3) is 19.4. The van der Waals surface area contributed by atoms with Crippen LogP contribution in [-0.2, 0) is 59.6 Å². The molecule has 0 radical (unpaired) electrons. The summed E-state index contributed by atoms with van der Waals surface area (Å²) in [6, 6.07) is 19.0. The molecule has 0 heterocycles. The Balaban J connectivity index is 1.39. The number of rotatable bonds is 32. The van der Waals surface area contributed by atoms with Crippen LogP contribution in [0.15, 0.2) is 115 Å². The normalized spacial score (nSPS) is 14.7. The molecular weight excluding hydrogens is 1060 g/mol. The summed E-state index contributed by atoms with van der Waals surface area (Å²) in [5.41, 5.74) is -11.6. The highest BCUT2D eigenvalue weighted by Gasteiger charge is 2.66. The number of halogens is 9. The Bertz CT molecular complexity index is 2650. The van der Waals surface area contributed by atoms with E-state index in [0.29, 0.717) is 19.3 Å². The number of alkyl halides is 9. The first-order valence-corrected chi connectivity index (χ1v) is 26.1. The van der Waals surface area contributed by atoms with Gasteiger partial charge in [0.1, 0.15) is 0 Å². The maximum atomic E-state index is 14.6. The number of hydrogen-bond acceptors (Lipinski definition) is 9. The molecule has 9 nitrogen and oxygen atoms in total. The molecule has 0 aliphatic heterocycles. The second-order valence-electron chi connectivity index (χ2n) is 18.2. The minimum absolute atomic E-state index is 0.0670. The van der Waals surface area contributed by atoms with Crippen LogP contribution in [0.5, 0.6) is 0 Å². The molecule has 0 bridgehead atoms. The molecule has 0 unspecified atom stereocenters. The van der Waals surface area contributed by atoms with Gasteiger partial charge in [-0.1, -0.05) is 173 Å².